The smallest absolute Gasteiger partial charge is 0.325 e. The number of hydrogen-bond donors (Lipinski definition) is 1. The van der Waals surface area contributed by atoms with E-state index in [1.807, 2.05) is 24.3 Å². The molecule has 6 heteroatoms. The molecule has 0 bridgehead atoms. The lowest BCUT2D eigenvalue weighted by Crippen LogP contribution is -2.40. The van der Waals surface area contributed by atoms with Gasteiger partial charge in [0, 0.05) is 18.1 Å². The van der Waals surface area contributed by atoms with Gasteiger partial charge in [-0.15, -0.1) is 0 Å². The van der Waals surface area contributed by atoms with Gasteiger partial charge in [-0.05, 0) is 31.5 Å². The Hall–Kier alpha value is -1.69. The molecule has 114 valence electrons. The van der Waals surface area contributed by atoms with Crippen LogP contribution in [0.15, 0.2) is 24.3 Å². The summed E-state index contributed by atoms with van der Waals surface area (Å²) in [4.78, 5) is 25.0. The average molecular weight is 308 g/mol. The molecule has 1 aliphatic rings. The summed E-state index contributed by atoms with van der Waals surface area (Å²) in [6, 6.07) is 7.58. The van der Waals surface area contributed by atoms with E-state index in [2.05, 4.69) is 5.32 Å². The molecule has 0 spiro atoms. The zero-order chi connectivity index (χ0) is 15.5. The maximum absolute atomic E-state index is 12.0. The van der Waals surface area contributed by atoms with Gasteiger partial charge in [0.25, 0.3) is 5.91 Å². The van der Waals surface area contributed by atoms with Crippen molar-refractivity contribution in [3.8, 4) is 5.75 Å². The van der Waals surface area contributed by atoms with Crippen LogP contribution in [-0.4, -0.2) is 41.8 Å². The van der Waals surface area contributed by atoms with Gasteiger partial charge in [-0.2, -0.15) is 11.8 Å². The predicted molar refractivity (Wildman–Crippen MR) is 83.5 cm³/mol. The number of benzene rings is 1. The number of nitrogens with zero attached hydrogens (tertiary/aromatic N) is 1. The molecule has 1 heterocycles. The maximum atomic E-state index is 12.0. The summed E-state index contributed by atoms with van der Waals surface area (Å²) in [5.74, 6) is 2.22. The van der Waals surface area contributed by atoms with E-state index in [1.54, 1.807) is 32.7 Å². The van der Waals surface area contributed by atoms with Gasteiger partial charge in [0.1, 0.15) is 11.3 Å². The molecule has 1 saturated heterocycles. The summed E-state index contributed by atoms with van der Waals surface area (Å²) >= 11 is 1.69. The minimum Gasteiger partial charge on any atom is -0.497 e. The van der Waals surface area contributed by atoms with Crippen molar-refractivity contribution >= 4 is 23.7 Å². The standard InChI is InChI=1S/C15H20N2O3S/c1-15(2)13(18)17(14(19)16-15)7-8-21-10-11-5-4-6-12(9-11)20-3/h4-6,9H,7-8,10H2,1-3H3,(H,16,19). The first kappa shape index (κ1) is 15.7. The van der Waals surface area contributed by atoms with Gasteiger partial charge in [-0.3, -0.25) is 9.69 Å². The highest BCUT2D eigenvalue weighted by Gasteiger charge is 2.43. The third-order valence-corrected chi connectivity index (χ3v) is 4.32. The van der Waals surface area contributed by atoms with Crippen molar-refractivity contribution in [2.45, 2.75) is 25.1 Å². The molecule has 0 aromatic heterocycles. The van der Waals surface area contributed by atoms with Gasteiger partial charge < -0.3 is 10.1 Å². The minimum absolute atomic E-state index is 0.158. The largest absolute Gasteiger partial charge is 0.497 e. The zero-order valence-corrected chi connectivity index (χ0v) is 13.3. The molecule has 5 nitrogen and oxygen atoms in total. The number of hydrogen-bond acceptors (Lipinski definition) is 4. The molecule has 1 aliphatic heterocycles. The Bertz CT molecular complexity index is 545. The van der Waals surface area contributed by atoms with Crippen LogP contribution in [0.5, 0.6) is 5.75 Å². The molecule has 0 atom stereocenters. The number of nitrogens with one attached hydrogen (secondary N) is 1. The van der Waals surface area contributed by atoms with Crippen molar-refractivity contribution in [2.75, 3.05) is 19.4 Å². The molecule has 1 aromatic carbocycles. The summed E-state index contributed by atoms with van der Waals surface area (Å²) in [6.45, 7) is 3.87. The summed E-state index contributed by atoms with van der Waals surface area (Å²) in [6.07, 6.45) is 0. The third-order valence-electron chi connectivity index (χ3n) is 3.31. The normalized spacial score (nSPS) is 17.0. The van der Waals surface area contributed by atoms with Crippen LogP contribution in [-0.2, 0) is 10.5 Å². The number of methoxy groups -OCH3 is 1. The number of imide groups is 1. The maximum Gasteiger partial charge on any atom is 0.325 e. The predicted octanol–water partition coefficient (Wildman–Crippen LogP) is 2.26. The molecule has 0 saturated carbocycles. The van der Waals surface area contributed by atoms with E-state index < -0.39 is 5.54 Å². The van der Waals surface area contributed by atoms with E-state index in [-0.39, 0.29) is 11.9 Å². The first-order valence-electron chi connectivity index (χ1n) is 6.79. The Morgan fingerprint density at radius 1 is 1.33 bits per heavy atom. The highest BCUT2D eigenvalue weighted by Crippen LogP contribution is 2.20. The number of carbonyl (C=O) groups is 2. The fraction of sp³-hybridized carbons (Fsp3) is 0.467. The van der Waals surface area contributed by atoms with Gasteiger partial charge >= 0.3 is 6.03 Å². The SMILES string of the molecule is COc1cccc(CSCCN2C(=O)NC(C)(C)C2=O)c1. The van der Waals surface area contributed by atoms with Crippen LogP contribution < -0.4 is 10.1 Å². The Morgan fingerprint density at radius 2 is 2.10 bits per heavy atom. The second-order valence-corrected chi connectivity index (χ2v) is 6.52. The first-order valence-corrected chi connectivity index (χ1v) is 7.94. The molecule has 1 fully saturated rings. The first-order chi connectivity index (χ1) is 9.94. The van der Waals surface area contributed by atoms with Crippen LogP contribution in [0.3, 0.4) is 0 Å². The Kier molecular flexibility index (Phi) is 4.77. The second-order valence-electron chi connectivity index (χ2n) is 5.42. The molecule has 2 rings (SSSR count). The molecular weight excluding hydrogens is 288 g/mol. The van der Waals surface area contributed by atoms with Crippen LogP contribution in [0.2, 0.25) is 0 Å². The number of ether oxygens (including phenoxy) is 1. The topological polar surface area (TPSA) is 58.6 Å². The quantitative estimate of drug-likeness (QED) is 0.647. The molecule has 0 aliphatic carbocycles. The number of carbonyl (C=O) groups excluding carboxylic acids is 2. The van der Waals surface area contributed by atoms with E-state index in [9.17, 15) is 9.59 Å². The van der Waals surface area contributed by atoms with Crippen LogP contribution in [0.4, 0.5) is 4.79 Å². The molecular formula is C15H20N2O3S. The second kappa shape index (κ2) is 6.39. The van der Waals surface area contributed by atoms with Gasteiger partial charge in [0.15, 0.2) is 0 Å². The van der Waals surface area contributed by atoms with Crippen molar-refractivity contribution in [1.82, 2.24) is 10.2 Å². The molecule has 0 radical (unpaired) electrons. The Labute approximate surface area is 129 Å². The fourth-order valence-corrected chi connectivity index (χ4v) is 3.00. The summed E-state index contributed by atoms with van der Waals surface area (Å²) in [5.41, 5.74) is 0.381. The van der Waals surface area contributed by atoms with Crippen LogP contribution in [0.1, 0.15) is 19.4 Å². The zero-order valence-electron chi connectivity index (χ0n) is 12.5. The molecule has 0 unspecified atom stereocenters. The molecule has 3 amide bonds. The number of urea groups is 1. The molecule has 21 heavy (non-hydrogen) atoms. The Balaban J connectivity index is 1.80. The van der Waals surface area contributed by atoms with Gasteiger partial charge in [0.05, 0.1) is 7.11 Å². The van der Waals surface area contributed by atoms with E-state index >= 15 is 0 Å². The van der Waals surface area contributed by atoms with E-state index in [0.717, 1.165) is 17.1 Å². The fourth-order valence-electron chi connectivity index (χ4n) is 2.13. The summed E-state index contributed by atoms with van der Waals surface area (Å²) in [5, 5.41) is 2.68. The number of rotatable bonds is 6. The van der Waals surface area contributed by atoms with Crippen molar-refractivity contribution < 1.29 is 14.3 Å². The van der Waals surface area contributed by atoms with E-state index in [4.69, 9.17) is 4.74 Å². The highest BCUT2D eigenvalue weighted by atomic mass is 32.2. The summed E-state index contributed by atoms with van der Waals surface area (Å²) < 4.78 is 5.18. The van der Waals surface area contributed by atoms with Crippen LogP contribution in [0, 0.1) is 0 Å². The number of amides is 3. The van der Waals surface area contributed by atoms with Crippen molar-refractivity contribution in [3.05, 3.63) is 29.8 Å². The van der Waals surface area contributed by atoms with Crippen LogP contribution in [0.25, 0.3) is 0 Å². The lowest BCUT2D eigenvalue weighted by atomic mass is 10.1. The van der Waals surface area contributed by atoms with Gasteiger partial charge in [-0.25, -0.2) is 4.79 Å². The van der Waals surface area contributed by atoms with Crippen LogP contribution >= 0.6 is 11.8 Å². The van der Waals surface area contributed by atoms with Gasteiger partial charge in [0.2, 0.25) is 0 Å². The van der Waals surface area contributed by atoms with Crippen molar-refractivity contribution in [3.63, 3.8) is 0 Å². The van der Waals surface area contributed by atoms with E-state index in [0.29, 0.717) is 12.3 Å². The minimum atomic E-state index is -0.783. The lowest BCUT2D eigenvalue weighted by molar-refractivity contribution is -0.130. The van der Waals surface area contributed by atoms with Crippen molar-refractivity contribution in [2.24, 2.45) is 0 Å². The lowest BCUT2D eigenvalue weighted by Gasteiger charge is -2.15. The third kappa shape index (κ3) is 3.69. The van der Waals surface area contributed by atoms with Crippen molar-refractivity contribution in [1.29, 1.82) is 0 Å². The molecule has 1 aromatic rings. The monoisotopic (exact) mass is 308 g/mol. The summed E-state index contributed by atoms with van der Waals surface area (Å²) in [7, 11) is 1.64. The van der Waals surface area contributed by atoms with E-state index in [1.165, 1.54) is 4.90 Å². The van der Waals surface area contributed by atoms with Gasteiger partial charge in [-0.1, -0.05) is 12.1 Å². The number of thioether (sulfide) groups is 1. The average Bonchev–Trinajstić information content (AvgIpc) is 2.65. The highest BCUT2D eigenvalue weighted by molar-refractivity contribution is 7.98. The molecule has 1 N–H and O–H groups in total. The Morgan fingerprint density at radius 3 is 2.71 bits per heavy atom.